The highest BCUT2D eigenvalue weighted by Crippen LogP contribution is 2.40. The molecule has 1 aromatic carbocycles. The molecule has 0 bridgehead atoms. The second-order valence-electron chi connectivity index (χ2n) is 5.99. The van der Waals surface area contributed by atoms with Crippen LogP contribution in [0.2, 0.25) is 5.02 Å². The van der Waals surface area contributed by atoms with E-state index >= 15 is 0 Å². The van der Waals surface area contributed by atoms with Gasteiger partial charge >= 0.3 is 0 Å². The number of sulfonamides is 1. The minimum Gasteiger partial charge on any atom is -0.326 e. The van der Waals surface area contributed by atoms with Crippen LogP contribution < -0.4 is 5.73 Å². The van der Waals surface area contributed by atoms with Crippen LogP contribution >= 0.6 is 11.6 Å². The number of nitrogens with zero attached hydrogens (tertiary/aromatic N) is 1. The molecule has 2 aliphatic rings. The van der Waals surface area contributed by atoms with Crippen LogP contribution in [-0.4, -0.2) is 25.3 Å². The first-order chi connectivity index (χ1) is 10.0. The van der Waals surface area contributed by atoms with Crippen LogP contribution in [0.4, 0.5) is 0 Å². The standard InChI is InChI=1S/C15H21ClN2O2S/c16-13-6-5-11(10-17)9-15(13)21(19,20)18-8-7-12-3-1-2-4-14(12)18/h5-6,9,12,14H,1-4,7-8,10,17H2. The van der Waals surface area contributed by atoms with E-state index in [4.69, 9.17) is 17.3 Å². The highest BCUT2D eigenvalue weighted by molar-refractivity contribution is 7.89. The fourth-order valence-electron chi connectivity index (χ4n) is 3.66. The molecule has 116 valence electrons. The van der Waals surface area contributed by atoms with E-state index in [1.807, 2.05) is 0 Å². The number of rotatable bonds is 3. The molecule has 2 unspecified atom stereocenters. The molecular formula is C15H21ClN2O2S. The molecule has 2 fully saturated rings. The van der Waals surface area contributed by atoms with E-state index in [0.717, 1.165) is 31.2 Å². The number of benzene rings is 1. The van der Waals surface area contributed by atoms with Crippen molar-refractivity contribution in [1.29, 1.82) is 0 Å². The van der Waals surface area contributed by atoms with Crippen LogP contribution in [-0.2, 0) is 16.6 Å². The minimum absolute atomic E-state index is 0.154. The topological polar surface area (TPSA) is 63.4 Å². The van der Waals surface area contributed by atoms with Crippen LogP contribution in [0.1, 0.15) is 37.7 Å². The molecule has 0 amide bonds. The molecule has 4 nitrogen and oxygen atoms in total. The lowest BCUT2D eigenvalue weighted by Gasteiger charge is -2.31. The summed E-state index contributed by atoms with van der Waals surface area (Å²) in [5, 5.41) is 0.284. The summed E-state index contributed by atoms with van der Waals surface area (Å²) < 4.78 is 27.6. The van der Waals surface area contributed by atoms with Crippen molar-refractivity contribution in [2.24, 2.45) is 11.7 Å². The summed E-state index contributed by atoms with van der Waals surface area (Å²) in [6.45, 7) is 0.923. The fraction of sp³-hybridized carbons (Fsp3) is 0.600. The van der Waals surface area contributed by atoms with Crippen LogP contribution in [0.5, 0.6) is 0 Å². The third-order valence-electron chi connectivity index (χ3n) is 4.78. The molecule has 6 heteroatoms. The molecule has 3 rings (SSSR count). The van der Waals surface area contributed by atoms with Gasteiger partial charge < -0.3 is 5.73 Å². The zero-order valence-electron chi connectivity index (χ0n) is 12.0. The van der Waals surface area contributed by atoms with Crippen molar-refractivity contribution in [3.8, 4) is 0 Å². The Morgan fingerprint density at radius 1 is 1.24 bits per heavy atom. The molecule has 2 N–H and O–H groups in total. The summed E-state index contributed by atoms with van der Waals surface area (Å²) in [6, 6.07) is 5.18. The van der Waals surface area contributed by atoms with E-state index in [0.29, 0.717) is 19.0 Å². The maximum atomic E-state index is 13.0. The van der Waals surface area contributed by atoms with Crippen molar-refractivity contribution in [1.82, 2.24) is 4.31 Å². The van der Waals surface area contributed by atoms with Crippen molar-refractivity contribution in [3.63, 3.8) is 0 Å². The number of hydrogen-bond donors (Lipinski definition) is 1. The lowest BCUT2D eigenvalue weighted by atomic mass is 9.86. The predicted molar refractivity (Wildman–Crippen MR) is 83.6 cm³/mol. The van der Waals surface area contributed by atoms with E-state index < -0.39 is 10.0 Å². The van der Waals surface area contributed by atoms with Gasteiger partial charge in [-0.05, 0) is 42.9 Å². The molecule has 1 heterocycles. The van der Waals surface area contributed by atoms with Gasteiger partial charge in [0.05, 0.1) is 5.02 Å². The lowest BCUT2D eigenvalue weighted by molar-refractivity contribution is 0.260. The molecule has 1 saturated heterocycles. The largest absolute Gasteiger partial charge is 0.326 e. The van der Waals surface area contributed by atoms with E-state index in [1.165, 1.54) is 6.42 Å². The Hall–Kier alpha value is -0.620. The van der Waals surface area contributed by atoms with E-state index in [-0.39, 0.29) is 16.0 Å². The summed E-state index contributed by atoms with van der Waals surface area (Å²) in [6.07, 6.45) is 5.42. The van der Waals surface area contributed by atoms with Gasteiger partial charge in [-0.2, -0.15) is 4.31 Å². The van der Waals surface area contributed by atoms with Crippen molar-refractivity contribution in [3.05, 3.63) is 28.8 Å². The van der Waals surface area contributed by atoms with Crippen LogP contribution in [0, 0.1) is 5.92 Å². The molecular weight excluding hydrogens is 308 g/mol. The number of hydrogen-bond acceptors (Lipinski definition) is 3. The Balaban J connectivity index is 1.97. The molecule has 1 aromatic rings. The average molecular weight is 329 g/mol. The lowest BCUT2D eigenvalue weighted by Crippen LogP contribution is -2.39. The van der Waals surface area contributed by atoms with Gasteiger partial charge in [-0.15, -0.1) is 0 Å². The Morgan fingerprint density at radius 2 is 2.00 bits per heavy atom. The Labute approximate surface area is 131 Å². The molecule has 1 saturated carbocycles. The van der Waals surface area contributed by atoms with Crippen LogP contribution in [0.15, 0.2) is 23.1 Å². The maximum Gasteiger partial charge on any atom is 0.244 e. The van der Waals surface area contributed by atoms with Gasteiger partial charge in [-0.25, -0.2) is 8.42 Å². The molecule has 0 radical (unpaired) electrons. The smallest absolute Gasteiger partial charge is 0.244 e. The van der Waals surface area contributed by atoms with Gasteiger partial charge in [0.2, 0.25) is 10.0 Å². The van der Waals surface area contributed by atoms with E-state index in [1.54, 1.807) is 22.5 Å². The monoisotopic (exact) mass is 328 g/mol. The van der Waals surface area contributed by atoms with E-state index in [2.05, 4.69) is 0 Å². The second kappa shape index (κ2) is 5.88. The molecule has 0 aromatic heterocycles. The van der Waals surface area contributed by atoms with Crippen molar-refractivity contribution < 1.29 is 8.42 Å². The Bertz CT molecular complexity index is 633. The van der Waals surface area contributed by atoms with Gasteiger partial charge in [0.15, 0.2) is 0 Å². The zero-order chi connectivity index (χ0) is 15.0. The minimum atomic E-state index is -3.53. The first kappa shape index (κ1) is 15.3. The Kier molecular flexibility index (Phi) is 4.28. The molecule has 21 heavy (non-hydrogen) atoms. The van der Waals surface area contributed by atoms with Gasteiger partial charge in [0.1, 0.15) is 4.90 Å². The fourth-order valence-corrected chi connectivity index (χ4v) is 5.92. The average Bonchev–Trinajstić information content (AvgIpc) is 2.92. The number of halogens is 1. The molecule has 1 aliphatic heterocycles. The highest BCUT2D eigenvalue weighted by Gasteiger charge is 2.42. The third-order valence-corrected chi connectivity index (χ3v) is 7.18. The van der Waals surface area contributed by atoms with Gasteiger partial charge in [-0.3, -0.25) is 0 Å². The Morgan fingerprint density at radius 3 is 2.76 bits per heavy atom. The summed E-state index contributed by atoms with van der Waals surface area (Å²) in [7, 11) is -3.53. The van der Waals surface area contributed by atoms with Gasteiger partial charge in [-0.1, -0.05) is 30.5 Å². The molecule has 0 spiro atoms. The first-order valence-electron chi connectivity index (χ1n) is 7.54. The second-order valence-corrected chi connectivity index (χ2v) is 8.25. The zero-order valence-corrected chi connectivity index (χ0v) is 13.5. The van der Waals surface area contributed by atoms with Gasteiger partial charge in [0.25, 0.3) is 0 Å². The number of nitrogens with two attached hydrogens (primary N) is 1. The van der Waals surface area contributed by atoms with Crippen molar-refractivity contribution in [2.75, 3.05) is 6.54 Å². The highest BCUT2D eigenvalue weighted by atomic mass is 35.5. The van der Waals surface area contributed by atoms with Crippen molar-refractivity contribution >= 4 is 21.6 Å². The SMILES string of the molecule is NCc1ccc(Cl)c(S(=O)(=O)N2CCC3CCCCC32)c1. The van der Waals surface area contributed by atoms with Crippen LogP contribution in [0.3, 0.4) is 0 Å². The molecule has 2 atom stereocenters. The third kappa shape index (κ3) is 2.72. The predicted octanol–water partition coefficient (Wildman–Crippen LogP) is 2.75. The van der Waals surface area contributed by atoms with Crippen molar-refractivity contribution in [2.45, 2.75) is 49.6 Å². The summed E-state index contributed by atoms with van der Waals surface area (Å²) in [5.41, 5.74) is 6.41. The quantitative estimate of drug-likeness (QED) is 0.928. The maximum absolute atomic E-state index is 13.0. The molecule has 1 aliphatic carbocycles. The summed E-state index contributed by atoms with van der Waals surface area (Å²) in [5.74, 6) is 0.519. The summed E-state index contributed by atoms with van der Waals surface area (Å²) >= 11 is 6.14. The first-order valence-corrected chi connectivity index (χ1v) is 9.36. The van der Waals surface area contributed by atoms with Gasteiger partial charge in [0, 0.05) is 19.1 Å². The van der Waals surface area contributed by atoms with E-state index in [9.17, 15) is 8.42 Å². The summed E-state index contributed by atoms with van der Waals surface area (Å²) in [4.78, 5) is 0.207. The normalized spacial score (nSPS) is 26.8. The number of fused-ring (bicyclic) bond motifs is 1. The van der Waals surface area contributed by atoms with Crippen LogP contribution in [0.25, 0.3) is 0 Å².